The van der Waals surface area contributed by atoms with E-state index in [1.807, 2.05) is 25.1 Å². The van der Waals surface area contributed by atoms with Gasteiger partial charge in [0.1, 0.15) is 0 Å². The van der Waals surface area contributed by atoms with Crippen molar-refractivity contribution in [1.29, 1.82) is 0 Å². The molecule has 0 amide bonds. The van der Waals surface area contributed by atoms with Crippen LogP contribution in [-0.4, -0.2) is 31.0 Å². The number of methoxy groups -OCH3 is 2. The van der Waals surface area contributed by atoms with E-state index in [1.165, 1.54) is 0 Å². The molecule has 1 aromatic heterocycles. The maximum absolute atomic E-state index is 5.77. The summed E-state index contributed by atoms with van der Waals surface area (Å²) < 4.78 is 16.3. The molecule has 1 heterocycles. The smallest absolute Gasteiger partial charge is 0.247 e. The lowest BCUT2D eigenvalue weighted by atomic mass is 10.2. The average Bonchev–Trinajstić information content (AvgIpc) is 3.01. The van der Waals surface area contributed by atoms with E-state index in [-0.39, 0.29) is 6.04 Å². The Balaban J connectivity index is 2.28. The highest BCUT2D eigenvalue weighted by Crippen LogP contribution is 2.32. The molecule has 0 fully saturated rings. The molecular formula is C15H21N3O3. The lowest BCUT2D eigenvalue weighted by Crippen LogP contribution is -2.20. The van der Waals surface area contributed by atoms with Gasteiger partial charge < -0.3 is 19.2 Å². The number of benzene rings is 1. The first-order valence-corrected chi connectivity index (χ1v) is 7.02. The Labute approximate surface area is 124 Å². The zero-order valence-electron chi connectivity index (χ0n) is 12.8. The van der Waals surface area contributed by atoms with E-state index in [4.69, 9.17) is 13.9 Å². The number of nitrogens with zero attached hydrogens (tertiary/aromatic N) is 2. The summed E-state index contributed by atoms with van der Waals surface area (Å²) in [5, 5.41) is 11.6. The van der Waals surface area contributed by atoms with Crippen LogP contribution in [0.5, 0.6) is 11.5 Å². The molecule has 2 rings (SSSR count). The van der Waals surface area contributed by atoms with Crippen molar-refractivity contribution in [3.05, 3.63) is 24.1 Å². The quantitative estimate of drug-likeness (QED) is 0.846. The number of rotatable bonds is 7. The summed E-state index contributed by atoms with van der Waals surface area (Å²) in [5.41, 5.74) is 0.803. The van der Waals surface area contributed by atoms with Crippen LogP contribution < -0.4 is 14.8 Å². The first-order valence-electron chi connectivity index (χ1n) is 7.02. The zero-order valence-corrected chi connectivity index (χ0v) is 12.8. The maximum atomic E-state index is 5.77. The van der Waals surface area contributed by atoms with Crippen molar-refractivity contribution < 1.29 is 13.9 Å². The van der Waals surface area contributed by atoms with Crippen molar-refractivity contribution in [2.75, 3.05) is 20.8 Å². The molecule has 1 N–H and O–H groups in total. The molecule has 2 aromatic rings. The maximum Gasteiger partial charge on any atom is 0.247 e. The first-order chi connectivity index (χ1) is 10.2. The van der Waals surface area contributed by atoms with Crippen molar-refractivity contribution in [2.45, 2.75) is 26.3 Å². The van der Waals surface area contributed by atoms with Crippen LogP contribution >= 0.6 is 0 Å². The third-order valence-corrected chi connectivity index (χ3v) is 3.23. The molecule has 0 aliphatic carbocycles. The number of hydrogen-bond acceptors (Lipinski definition) is 6. The minimum Gasteiger partial charge on any atom is -0.493 e. The van der Waals surface area contributed by atoms with Crippen LogP contribution in [0.3, 0.4) is 0 Å². The van der Waals surface area contributed by atoms with Crippen molar-refractivity contribution in [2.24, 2.45) is 0 Å². The molecular weight excluding hydrogens is 270 g/mol. The van der Waals surface area contributed by atoms with Crippen molar-refractivity contribution in [3.8, 4) is 23.0 Å². The predicted molar refractivity (Wildman–Crippen MR) is 79.5 cm³/mol. The van der Waals surface area contributed by atoms with Gasteiger partial charge in [-0.05, 0) is 31.2 Å². The fourth-order valence-electron chi connectivity index (χ4n) is 2.11. The van der Waals surface area contributed by atoms with Gasteiger partial charge in [0.05, 0.1) is 20.3 Å². The Bertz CT molecular complexity index is 583. The normalized spacial score (nSPS) is 12.2. The summed E-state index contributed by atoms with van der Waals surface area (Å²) >= 11 is 0. The van der Waals surface area contributed by atoms with Crippen molar-refractivity contribution in [3.63, 3.8) is 0 Å². The Hall–Kier alpha value is -2.08. The fraction of sp³-hybridized carbons (Fsp3) is 0.467. The van der Waals surface area contributed by atoms with Gasteiger partial charge in [-0.1, -0.05) is 13.8 Å². The number of hydrogen-bond donors (Lipinski definition) is 1. The van der Waals surface area contributed by atoms with Gasteiger partial charge in [-0.15, -0.1) is 10.2 Å². The van der Waals surface area contributed by atoms with E-state index in [0.29, 0.717) is 23.3 Å². The van der Waals surface area contributed by atoms with Gasteiger partial charge in [0.2, 0.25) is 11.8 Å². The van der Waals surface area contributed by atoms with E-state index in [0.717, 1.165) is 18.5 Å². The molecule has 0 radical (unpaired) electrons. The first kappa shape index (κ1) is 15.3. The van der Waals surface area contributed by atoms with E-state index >= 15 is 0 Å². The molecule has 1 unspecified atom stereocenters. The second-order valence-corrected chi connectivity index (χ2v) is 4.53. The van der Waals surface area contributed by atoms with Gasteiger partial charge in [-0.3, -0.25) is 0 Å². The minimum absolute atomic E-state index is 0.0800. The van der Waals surface area contributed by atoms with E-state index < -0.39 is 0 Å². The highest BCUT2D eigenvalue weighted by atomic mass is 16.5. The molecule has 0 spiro atoms. The van der Waals surface area contributed by atoms with Crippen molar-refractivity contribution >= 4 is 0 Å². The van der Waals surface area contributed by atoms with Crippen LogP contribution in [0.15, 0.2) is 22.6 Å². The number of nitrogens with one attached hydrogen (secondary N) is 1. The Morgan fingerprint density at radius 3 is 2.52 bits per heavy atom. The third kappa shape index (κ3) is 3.33. The van der Waals surface area contributed by atoms with Crippen LogP contribution in [0.1, 0.15) is 32.2 Å². The lowest BCUT2D eigenvalue weighted by molar-refractivity contribution is 0.355. The van der Waals surface area contributed by atoms with Gasteiger partial charge in [0, 0.05) is 5.56 Å². The molecule has 0 saturated carbocycles. The van der Waals surface area contributed by atoms with Gasteiger partial charge in [-0.25, -0.2) is 0 Å². The lowest BCUT2D eigenvalue weighted by Gasteiger charge is -2.10. The molecule has 0 aliphatic rings. The summed E-state index contributed by atoms with van der Waals surface area (Å²) in [6.45, 7) is 4.98. The molecule has 0 aliphatic heterocycles. The third-order valence-electron chi connectivity index (χ3n) is 3.23. The number of ether oxygens (including phenoxy) is 2. The average molecular weight is 291 g/mol. The molecule has 0 bridgehead atoms. The van der Waals surface area contributed by atoms with Crippen LogP contribution in [0.2, 0.25) is 0 Å². The van der Waals surface area contributed by atoms with Crippen LogP contribution in [0.4, 0.5) is 0 Å². The largest absolute Gasteiger partial charge is 0.493 e. The monoisotopic (exact) mass is 291 g/mol. The molecule has 21 heavy (non-hydrogen) atoms. The molecule has 114 valence electrons. The van der Waals surface area contributed by atoms with Crippen LogP contribution in [0.25, 0.3) is 11.5 Å². The topological polar surface area (TPSA) is 69.4 Å². The summed E-state index contributed by atoms with van der Waals surface area (Å²) in [7, 11) is 3.20. The van der Waals surface area contributed by atoms with Gasteiger partial charge >= 0.3 is 0 Å². The summed E-state index contributed by atoms with van der Waals surface area (Å²) in [5.74, 6) is 2.37. The highest BCUT2D eigenvalue weighted by molar-refractivity contribution is 5.59. The molecule has 6 heteroatoms. The Morgan fingerprint density at radius 2 is 1.90 bits per heavy atom. The minimum atomic E-state index is 0.0800. The summed E-state index contributed by atoms with van der Waals surface area (Å²) in [6, 6.07) is 5.59. The standard InChI is InChI=1S/C15H21N3O3/c1-5-11(16-6-2)15-18-17-14(21-15)10-7-8-12(19-3)13(9-10)20-4/h7-9,11,16H,5-6H2,1-4H3. The zero-order chi connectivity index (χ0) is 15.2. The molecule has 6 nitrogen and oxygen atoms in total. The second-order valence-electron chi connectivity index (χ2n) is 4.53. The molecule has 1 aromatic carbocycles. The summed E-state index contributed by atoms with van der Waals surface area (Å²) in [4.78, 5) is 0. The molecule has 1 atom stereocenters. The van der Waals surface area contributed by atoms with Gasteiger partial charge in [-0.2, -0.15) is 0 Å². The van der Waals surface area contributed by atoms with Crippen LogP contribution in [0, 0.1) is 0 Å². The van der Waals surface area contributed by atoms with Crippen molar-refractivity contribution in [1.82, 2.24) is 15.5 Å². The summed E-state index contributed by atoms with van der Waals surface area (Å²) in [6.07, 6.45) is 0.890. The van der Waals surface area contributed by atoms with Crippen LogP contribution in [-0.2, 0) is 0 Å². The van der Waals surface area contributed by atoms with Gasteiger partial charge in [0.15, 0.2) is 11.5 Å². The second kappa shape index (κ2) is 7.08. The predicted octanol–water partition coefficient (Wildman–Crippen LogP) is 2.81. The number of aromatic nitrogens is 2. The van der Waals surface area contributed by atoms with E-state index in [2.05, 4.69) is 22.4 Å². The van der Waals surface area contributed by atoms with E-state index in [1.54, 1.807) is 14.2 Å². The highest BCUT2D eigenvalue weighted by Gasteiger charge is 2.17. The molecule has 0 saturated heterocycles. The van der Waals surface area contributed by atoms with E-state index in [9.17, 15) is 0 Å². The Morgan fingerprint density at radius 1 is 1.14 bits per heavy atom. The van der Waals surface area contributed by atoms with Gasteiger partial charge in [0.25, 0.3) is 0 Å². The SMILES string of the molecule is CCNC(CC)c1nnc(-c2ccc(OC)c(OC)c2)o1. The fourth-order valence-corrected chi connectivity index (χ4v) is 2.11. The Kier molecular flexibility index (Phi) is 5.16.